The molecule has 0 radical (unpaired) electrons. The highest BCUT2D eigenvalue weighted by Gasteiger charge is 2.10. The maximum absolute atomic E-state index is 5.93. The first-order chi connectivity index (χ1) is 8.61. The van der Waals surface area contributed by atoms with Crippen LogP contribution >= 0.6 is 27.5 Å². The second kappa shape index (κ2) is 5.54. The summed E-state index contributed by atoms with van der Waals surface area (Å²) in [6.07, 6.45) is 1.39. The third-order valence-electron chi connectivity index (χ3n) is 2.40. The molecule has 0 bridgehead atoms. The van der Waals surface area contributed by atoms with E-state index in [1.807, 2.05) is 25.1 Å². The lowest BCUT2D eigenvalue weighted by Crippen LogP contribution is -1.99. The summed E-state index contributed by atoms with van der Waals surface area (Å²) in [4.78, 5) is 7.97. The molecule has 18 heavy (non-hydrogen) atoms. The average Bonchev–Trinajstić information content (AvgIpc) is 2.34. The second-order valence-corrected chi connectivity index (χ2v) is 4.85. The van der Waals surface area contributed by atoms with Crippen LogP contribution < -0.4 is 10.1 Å². The molecule has 0 fully saturated rings. The molecule has 1 heterocycles. The Labute approximate surface area is 118 Å². The molecule has 4 nitrogen and oxygen atoms in total. The standard InChI is InChI=1S/C12H11BrClN3O/c1-7-3-4-8(5-9(7)13)17-12-10(18-2)11(14)15-6-16-12/h3-6H,1-2H3,(H,15,16,17). The minimum Gasteiger partial charge on any atom is -0.490 e. The number of aromatic nitrogens is 2. The van der Waals surface area contributed by atoms with Crippen LogP contribution in [0.4, 0.5) is 11.5 Å². The van der Waals surface area contributed by atoms with E-state index in [9.17, 15) is 0 Å². The zero-order valence-electron chi connectivity index (χ0n) is 9.87. The Morgan fingerprint density at radius 1 is 1.33 bits per heavy atom. The van der Waals surface area contributed by atoms with Gasteiger partial charge in [0.25, 0.3) is 0 Å². The number of halogens is 2. The minimum atomic E-state index is 0.279. The first-order valence-electron chi connectivity index (χ1n) is 5.19. The van der Waals surface area contributed by atoms with E-state index in [-0.39, 0.29) is 5.15 Å². The van der Waals surface area contributed by atoms with Crippen LogP contribution in [0.15, 0.2) is 29.0 Å². The zero-order chi connectivity index (χ0) is 13.1. The summed E-state index contributed by atoms with van der Waals surface area (Å²) >= 11 is 9.41. The molecule has 1 aromatic carbocycles. The van der Waals surface area contributed by atoms with Crippen LogP contribution in [-0.2, 0) is 0 Å². The molecule has 0 spiro atoms. The van der Waals surface area contributed by atoms with Gasteiger partial charge in [-0.25, -0.2) is 9.97 Å². The van der Waals surface area contributed by atoms with Crippen LogP contribution in [0.5, 0.6) is 5.75 Å². The van der Waals surface area contributed by atoms with Gasteiger partial charge in [0.2, 0.25) is 0 Å². The van der Waals surface area contributed by atoms with E-state index in [4.69, 9.17) is 16.3 Å². The highest BCUT2D eigenvalue weighted by Crippen LogP contribution is 2.31. The minimum absolute atomic E-state index is 0.279. The van der Waals surface area contributed by atoms with E-state index in [1.54, 1.807) is 0 Å². The smallest absolute Gasteiger partial charge is 0.199 e. The van der Waals surface area contributed by atoms with Crippen LogP contribution in [0, 0.1) is 6.92 Å². The molecular weight excluding hydrogens is 318 g/mol. The molecule has 2 rings (SSSR count). The van der Waals surface area contributed by atoms with Gasteiger partial charge in [0.15, 0.2) is 16.7 Å². The Bertz CT molecular complexity index is 577. The topological polar surface area (TPSA) is 47.0 Å². The predicted octanol–water partition coefficient (Wildman–Crippen LogP) is 3.95. The molecule has 0 aliphatic rings. The number of rotatable bonds is 3. The quantitative estimate of drug-likeness (QED) is 0.867. The highest BCUT2D eigenvalue weighted by molar-refractivity contribution is 9.10. The Morgan fingerprint density at radius 2 is 2.11 bits per heavy atom. The van der Waals surface area contributed by atoms with Crippen molar-refractivity contribution in [2.24, 2.45) is 0 Å². The summed E-state index contributed by atoms with van der Waals surface area (Å²) < 4.78 is 6.19. The molecule has 0 amide bonds. The molecule has 0 aliphatic heterocycles. The summed E-state index contributed by atoms with van der Waals surface area (Å²) in [6, 6.07) is 5.92. The fourth-order valence-electron chi connectivity index (χ4n) is 1.43. The number of hydrogen-bond donors (Lipinski definition) is 1. The number of nitrogens with zero attached hydrogens (tertiary/aromatic N) is 2. The van der Waals surface area contributed by atoms with E-state index in [1.165, 1.54) is 13.4 Å². The molecule has 1 aromatic heterocycles. The number of aryl methyl sites for hydroxylation is 1. The number of ether oxygens (including phenoxy) is 1. The van der Waals surface area contributed by atoms with Gasteiger partial charge in [-0.05, 0) is 24.6 Å². The molecule has 0 atom stereocenters. The van der Waals surface area contributed by atoms with E-state index in [2.05, 4.69) is 31.2 Å². The van der Waals surface area contributed by atoms with Gasteiger partial charge < -0.3 is 10.1 Å². The third kappa shape index (κ3) is 2.73. The lowest BCUT2D eigenvalue weighted by molar-refractivity contribution is 0.413. The van der Waals surface area contributed by atoms with Gasteiger partial charge in [0.1, 0.15) is 6.33 Å². The van der Waals surface area contributed by atoms with Crippen LogP contribution in [0.3, 0.4) is 0 Å². The van der Waals surface area contributed by atoms with Crippen molar-refractivity contribution in [2.45, 2.75) is 6.92 Å². The fraction of sp³-hybridized carbons (Fsp3) is 0.167. The molecule has 0 unspecified atom stereocenters. The van der Waals surface area contributed by atoms with Crippen molar-refractivity contribution in [1.29, 1.82) is 0 Å². The largest absolute Gasteiger partial charge is 0.490 e. The van der Waals surface area contributed by atoms with Gasteiger partial charge in [0, 0.05) is 10.2 Å². The predicted molar refractivity (Wildman–Crippen MR) is 75.8 cm³/mol. The molecule has 0 saturated carbocycles. The van der Waals surface area contributed by atoms with Crippen LogP contribution in [0.25, 0.3) is 0 Å². The maximum Gasteiger partial charge on any atom is 0.199 e. The summed E-state index contributed by atoms with van der Waals surface area (Å²) in [6.45, 7) is 2.02. The molecule has 0 saturated heterocycles. The number of methoxy groups -OCH3 is 1. The second-order valence-electron chi connectivity index (χ2n) is 3.64. The van der Waals surface area contributed by atoms with E-state index < -0.39 is 0 Å². The number of nitrogens with one attached hydrogen (secondary N) is 1. The summed E-state index contributed by atoms with van der Waals surface area (Å²) in [5.74, 6) is 0.962. The van der Waals surface area contributed by atoms with Crippen molar-refractivity contribution < 1.29 is 4.74 Å². The van der Waals surface area contributed by atoms with E-state index in [0.717, 1.165) is 15.7 Å². The van der Waals surface area contributed by atoms with E-state index >= 15 is 0 Å². The van der Waals surface area contributed by atoms with Gasteiger partial charge in [-0.15, -0.1) is 0 Å². The van der Waals surface area contributed by atoms with Crippen molar-refractivity contribution in [3.8, 4) is 5.75 Å². The molecule has 94 valence electrons. The zero-order valence-corrected chi connectivity index (χ0v) is 12.2. The molecule has 6 heteroatoms. The van der Waals surface area contributed by atoms with E-state index in [0.29, 0.717) is 11.6 Å². The van der Waals surface area contributed by atoms with Gasteiger partial charge in [0.05, 0.1) is 7.11 Å². The average molecular weight is 329 g/mol. The molecule has 0 aliphatic carbocycles. The third-order valence-corrected chi connectivity index (χ3v) is 3.52. The highest BCUT2D eigenvalue weighted by atomic mass is 79.9. The Balaban J connectivity index is 2.34. The van der Waals surface area contributed by atoms with Gasteiger partial charge in [-0.1, -0.05) is 33.6 Å². The molecule has 2 aromatic rings. The van der Waals surface area contributed by atoms with Crippen molar-refractivity contribution in [3.63, 3.8) is 0 Å². The lowest BCUT2D eigenvalue weighted by Gasteiger charge is -2.11. The molecular formula is C12H11BrClN3O. The van der Waals surface area contributed by atoms with Crippen molar-refractivity contribution in [3.05, 3.63) is 39.7 Å². The summed E-state index contributed by atoms with van der Waals surface area (Å²) in [5.41, 5.74) is 2.05. The Morgan fingerprint density at radius 3 is 2.78 bits per heavy atom. The number of hydrogen-bond acceptors (Lipinski definition) is 4. The lowest BCUT2D eigenvalue weighted by atomic mass is 10.2. The van der Waals surface area contributed by atoms with Crippen LogP contribution in [0.1, 0.15) is 5.56 Å². The van der Waals surface area contributed by atoms with Crippen molar-refractivity contribution in [2.75, 3.05) is 12.4 Å². The van der Waals surface area contributed by atoms with Crippen molar-refractivity contribution >= 4 is 39.0 Å². The van der Waals surface area contributed by atoms with Gasteiger partial charge in [-0.3, -0.25) is 0 Å². The van der Waals surface area contributed by atoms with Crippen molar-refractivity contribution in [1.82, 2.24) is 9.97 Å². The maximum atomic E-state index is 5.93. The Kier molecular flexibility index (Phi) is 4.04. The Hall–Kier alpha value is -1.33. The monoisotopic (exact) mass is 327 g/mol. The van der Waals surface area contributed by atoms with Gasteiger partial charge >= 0.3 is 0 Å². The molecule has 1 N–H and O–H groups in total. The SMILES string of the molecule is COc1c(Cl)ncnc1Nc1ccc(C)c(Br)c1. The number of benzene rings is 1. The van der Waals surface area contributed by atoms with Gasteiger partial charge in [-0.2, -0.15) is 0 Å². The number of anilines is 2. The normalized spacial score (nSPS) is 10.2. The first kappa shape index (κ1) is 13.1. The first-order valence-corrected chi connectivity index (χ1v) is 6.36. The summed E-state index contributed by atoms with van der Waals surface area (Å²) in [7, 11) is 1.53. The fourth-order valence-corrected chi connectivity index (χ4v) is 2.02. The van der Waals surface area contributed by atoms with Crippen LogP contribution in [-0.4, -0.2) is 17.1 Å². The summed E-state index contributed by atoms with van der Waals surface area (Å²) in [5, 5.41) is 3.42. The van der Waals surface area contributed by atoms with Crippen LogP contribution in [0.2, 0.25) is 5.15 Å².